The average molecular weight is 269 g/mol. The first-order valence-corrected chi connectivity index (χ1v) is 7.32. The number of hydrogen-bond acceptors (Lipinski definition) is 2. The first-order chi connectivity index (χ1) is 9.71. The van der Waals surface area contributed by atoms with E-state index in [-0.39, 0.29) is 17.6 Å². The van der Waals surface area contributed by atoms with Crippen molar-refractivity contribution >= 4 is 16.8 Å². The van der Waals surface area contributed by atoms with Gasteiger partial charge in [-0.25, -0.2) is 0 Å². The van der Waals surface area contributed by atoms with Crippen molar-refractivity contribution in [2.45, 2.75) is 37.4 Å². The lowest BCUT2D eigenvalue weighted by atomic mass is 9.98. The molecule has 2 fully saturated rings. The van der Waals surface area contributed by atoms with Crippen LogP contribution in [-0.2, 0) is 4.79 Å². The molecule has 4 heteroatoms. The van der Waals surface area contributed by atoms with Crippen molar-refractivity contribution in [2.24, 2.45) is 0 Å². The van der Waals surface area contributed by atoms with Gasteiger partial charge in [-0.2, -0.15) is 0 Å². The summed E-state index contributed by atoms with van der Waals surface area (Å²) in [5.41, 5.74) is 2.00. The Morgan fingerprint density at radius 1 is 1.25 bits per heavy atom. The zero-order valence-corrected chi connectivity index (χ0v) is 11.6. The van der Waals surface area contributed by atoms with Crippen LogP contribution in [0.3, 0.4) is 0 Å². The average Bonchev–Trinajstić information content (AvgIpc) is 3.16. The molecule has 2 aliphatic rings. The molecule has 104 valence electrons. The summed E-state index contributed by atoms with van der Waals surface area (Å²) < 4.78 is 0. The summed E-state index contributed by atoms with van der Waals surface area (Å²) in [6.45, 7) is 0. The minimum atomic E-state index is -0.308. The quantitative estimate of drug-likeness (QED) is 0.836. The summed E-state index contributed by atoms with van der Waals surface area (Å²) in [5.74, 6) is 0.257. The number of nitrogens with zero attached hydrogens (tertiary/aromatic N) is 1. The molecule has 1 aromatic carbocycles. The van der Waals surface area contributed by atoms with Gasteiger partial charge in [0.25, 0.3) is 0 Å². The van der Waals surface area contributed by atoms with Crippen molar-refractivity contribution < 1.29 is 4.79 Å². The van der Waals surface area contributed by atoms with E-state index in [1.165, 1.54) is 10.9 Å². The van der Waals surface area contributed by atoms with Gasteiger partial charge in [0, 0.05) is 24.1 Å². The van der Waals surface area contributed by atoms with Crippen LogP contribution in [0.4, 0.5) is 0 Å². The molecule has 20 heavy (non-hydrogen) atoms. The molecule has 4 nitrogen and oxygen atoms in total. The normalized spacial score (nSPS) is 25.1. The number of aromatic nitrogens is 1. The zero-order chi connectivity index (χ0) is 13.7. The molecular formula is C16H19N3O. The highest BCUT2D eigenvalue weighted by molar-refractivity contribution is 5.91. The van der Waals surface area contributed by atoms with Gasteiger partial charge in [0.2, 0.25) is 5.91 Å². The molecule has 2 aromatic rings. The van der Waals surface area contributed by atoms with Crippen LogP contribution in [0.5, 0.6) is 0 Å². The highest BCUT2D eigenvalue weighted by atomic mass is 16.2. The Labute approximate surface area is 118 Å². The zero-order valence-electron chi connectivity index (χ0n) is 11.6. The van der Waals surface area contributed by atoms with Gasteiger partial charge in [-0.05, 0) is 30.5 Å². The molecule has 1 aliphatic carbocycles. The minimum absolute atomic E-state index is 0.0138. The van der Waals surface area contributed by atoms with Crippen LogP contribution >= 0.6 is 0 Å². The van der Waals surface area contributed by atoms with Crippen LogP contribution in [0.2, 0.25) is 0 Å². The number of nitrogens with one attached hydrogen (secondary N) is 2. The van der Waals surface area contributed by atoms with E-state index in [2.05, 4.69) is 28.5 Å². The summed E-state index contributed by atoms with van der Waals surface area (Å²) in [6, 6.07) is 8.32. The molecule has 1 spiro atoms. The van der Waals surface area contributed by atoms with Crippen LogP contribution in [0.1, 0.15) is 37.4 Å². The van der Waals surface area contributed by atoms with E-state index >= 15 is 0 Å². The van der Waals surface area contributed by atoms with Crippen LogP contribution in [-0.4, -0.2) is 28.4 Å². The van der Waals surface area contributed by atoms with Crippen LogP contribution in [0.15, 0.2) is 30.5 Å². The second kappa shape index (κ2) is 4.09. The minimum Gasteiger partial charge on any atom is -0.361 e. The Hall–Kier alpha value is -1.81. The maximum Gasteiger partial charge on any atom is 0.244 e. The number of carbonyl (C=O) groups excluding carboxylic acids is 1. The van der Waals surface area contributed by atoms with E-state index in [0.717, 1.165) is 31.2 Å². The summed E-state index contributed by atoms with van der Waals surface area (Å²) in [7, 11) is 1.92. The van der Waals surface area contributed by atoms with Gasteiger partial charge in [-0.15, -0.1) is 0 Å². The largest absolute Gasteiger partial charge is 0.361 e. The van der Waals surface area contributed by atoms with Crippen LogP contribution < -0.4 is 5.32 Å². The molecule has 0 bridgehead atoms. The van der Waals surface area contributed by atoms with Gasteiger partial charge in [0.15, 0.2) is 0 Å². The van der Waals surface area contributed by atoms with E-state index in [0.29, 0.717) is 0 Å². The lowest BCUT2D eigenvalue weighted by Crippen LogP contribution is -2.43. The molecule has 4 rings (SSSR count). The summed E-state index contributed by atoms with van der Waals surface area (Å²) >= 11 is 0. The second-order valence-electron chi connectivity index (χ2n) is 6.04. The molecule has 1 atom stereocenters. The Morgan fingerprint density at radius 3 is 2.85 bits per heavy atom. The highest BCUT2D eigenvalue weighted by Crippen LogP contribution is 2.41. The first kappa shape index (κ1) is 12.0. The topological polar surface area (TPSA) is 48.1 Å². The van der Waals surface area contributed by atoms with Crippen molar-refractivity contribution in [3.8, 4) is 0 Å². The standard InChI is InChI=1S/C16H19N3O/c1-19-14(18-16(15(19)20)8-2-3-9-16)12-5-4-6-13-11(12)7-10-17-13/h4-7,10,14,17-18H,2-3,8-9H2,1H3. The Morgan fingerprint density at radius 2 is 2.05 bits per heavy atom. The van der Waals surface area contributed by atoms with E-state index in [1.807, 2.05) is 24.2 Å². The van der Waals surface area contributed by atoms with E-state index in [1.54, 1.807) is 0 Å². The molecule has 2 heterocycles. The number of aromatic amines is 1. The van der Waals surface area contributed by atoms with E-state index in [9.17, 15) is 4.79 Å². The predicted molar refractivity (Wildman–Crippen MR) is 78.1 cm³/mol. The number of H-pyrrole nitrogens is 1. The van der Waals surface area contributed by atoms with Crippen molar-refractivity contribution in [3.05, 3.63) is 36.0 Å². The number of likely N-dealkylation sites (N-methyl/N-ethyl adjacent to an activating group) is 1. The molecule has 2 N–H and O–H groups in total. The van der Waals surface area contributed by atoms with Crippen molar-refractivity contribution in [2.75, 3.05) is 7.05 Å². The third-order valence-electron chi connectivity index (χ3n) is 4.91. The second-order valence-corrected chi connectivity index (χ2v) is 6.04. The first-order valence-electron chi connectivity index (χ1n) is 7.32. The Kier molecular flexibility index (Phi) is 2.45. The molecular weight excluding hydrogens is 250 g/mol. The van der Waals surface area contributed by atoms with Gasteiger partial charge in [0.05, 0.1) is 5.54 Å². The van der Waals surface area contributed by atoms with Crippen molar-refractivity contribution in [1.82, 2.24) is 15.2 Å². The number of benzene rings is 1. The van der Waals surface area contributed by atoms with Gasteiger partial charge >= 0.3 is 0 Å². The van der Waals surface area contributed by atoms with Gasteiger partial charge in [0.1, 0.15) is 6.17 Å². The van der Waals surface area contributed by atoms with Crippen LogP contribution in [0, 0.1) is 0 Å². The number of fused-ring (bicyclic) bond motifs is 1. The maximum atomic E-state index is 12.6. The predicted octanol–water partition coefficient (Wildman–Crippen LogP) is 2.54. The van der Waals surface area contributed by atoms with E-state index < -0.39 is 0 Å². The summed E-state index contributed by atoms with van der Waals surface area (Å²) in [5, 5.41) is 4.82. The van der Waals surface area contributed by atoms with Crippen molar-refractivity contribution in [3.63, 3.8) is 0 Å². The molecule has 1 aromatic heterocycles. The van der Waals surface area contributed by atoms with Gasteiger partial charge in [-0.1, -0.05) is 25.0 Å². The fourth-order valence-electron chi connectivity index (χ4n) is 3.85. The van der Waals surface area contributed by atoms with Gasteiger partial charge in [-0.3, -0.25) is 10.1 Å². The monoisotopic (exact) mass is 269 g/mol. The fraction of sp³-hybridized carbons (Fsp3) is 0.438. The number of carbonyl (C=O) groups is 1. The number of hydrogen-bond donors (Lipinski definition) is 2. The molecule has 1 saturated heterocycles. The third-order valence-corrected chi connectivity index (χ3v) is 4.91. The molecule has 1 amide bonds. The lowest BCUT2D eigenvalue weighted by molar-refractivity contribution is -0.131. The van der Waals surface area contributed by atoms with E-state index in [4.69, 9.17) is 0 Å². The summed E-state index contributed by atoms with van der Waals surface area (Å²) in [6.07, 6.45) is 6.17. The molecule has 1 unspecified atom stereocenters. The SMILES string of the molecule is CN1C(=O)C2(CCCC2)NC1c1cccc2[nH]ccc12. The highest BCUT2D eigenvalue weighted by Gasteiger charge is 2.51. The molecule has 1 saturated carbocycles. The number of amides is 1. The fourth-order valence-corrected chi connectivity index (χ4v) is 3.85. The molecule has 1 aliphatic heterocycles. The maximum absolute atomic E-state index is 12.6. The van der Waals surface area contributed by atoms with Gasteiger partial charge < -0.3 is 9.88 Å². The summed E-state index contributed by atoms with van der Waals surface area (Å²) in [4.78, 5) is 17.8. The third kappa shape index (κ3) is 1.48. The number of rotatable bonds is 1. The Bertz CT molecular complexity index is 669. The Balaban J connectivity index is 1.79. The van der Waals surface area contributed by atoms with Crippen molar-refractivity contribution in [1.29, 1.82) is 0 Å². The molecule has 0 radical (unpaired) electrons. The lowest BCUT2D eigenvalue weighted by Gasteiger charge is -2.21. The smallest absolute Gasteiger partial charge is 0.244 e. The van der Waals surface area contributed by atoms with Crippen LogP contribution in [0.25, 0.3) is 10.9 Å².